The van der Waals surface area contributed by atoms with Crippen molar-refractivity contribution in [2.24, 2.45) is 0 Å². The molecule has 2 fully saturated rings. The van der Waals surface area contributed by atoms with Crippen LogP contribution >= 0.6 is 0 Å². The molecule has 4 unspecified atom stereocenters. The van der Waals surface area contributed by atoms with Gasteiger partial charge in [-0.1, -0.05) is 0 Å². The molecule has 0 aromatic rings. The van der Waals surface area contributed by atoms with E-state index in [-0.39, 0.29) is 25.0 Å². The van der Waals surface area contributed by atoms with E-state index in [4.69, 9.17) is 4.74 Å². The van der Waals surface area contributed by atoms with Crippen LogP contribution in [0.5, 0.6) is 0 Å². The fourth-order valence-corrected chi connectivity index (χ4v) is 2.68. The van der Waals surface area contributed by atoms with Crippen LogP contribution in [0, 0.1) is 0 Å². The molecule has 100 valence electrons. The van der Waals surface area contributed by atoms with Crippen molar-refractivity contribution in [1.29, 1.82) is 0 Å². The second-order valence-corrected chi connectivity index (χ2v) is 5.28. The van der Waals surface area contributed by atoms with E-state index < -0.39 is 24.4 Å². The van der Waals surface area contributed by atoms with Crippen LogP contribution in [0.1, 0.15) is 38.5 Å². The van der Waals surface area contributed by atoms with Crippen LogP contribution < -0.4 is 0 Å². The molecule has 5 heteroatoms. The Morgan fingerprint density at radius 2 is 1.29 bits per heavy atom. The van der Waals surface area contributed by atoms with Crippen LogP contribution in [-0.2, 0) is 4.74 Å². The summed E-state index contributed by atoms with van der Waals surface area (Å²) < 4.78 is 5.78. The Hall–Kier alpha value is -0.200. The summed E-state index contributed by atoms with van der Waals surface area (Å²) >= 11 is 0. The predicted octanol–water partition coefficient (Wildman–Crippen LogP) is -0.448. The molecule has 4 N–H and O–H groups in total. The summed E-state index contributed by atoms with van der Waals surface area (Å²) in [4.78, 5) is 0. The maximum absolute atomic E-state index is 9.79. The second kappa shape index (κ2) is 5.63. The minimum Gasteiger partial charge on any atom is -0.393 e. The fourth-order valence-electron chi connectivity index (χ4n) is 2.68. The van der Waals surface area contributed by atoms with E-state index in [9.17, 15) is 20.4 Å². The van der Waals surface area contributed by atoms with Gasteiger partial charge in [0.25, 0.3) is 0 Å². The molecule has 2 saturated carbocycles. The van der Waals surface area contributed by atoms with Crippen molar-refractivity contribution >= 4 is 0 Å². The zero-order chi connectivity index (χ0) is 12.4. The summed E-state index contributed by atoms with van der Waals surface area (Å²) in [5, 5.41) is 38.1. The molecule has 0 aliphatic heterocycles. The monoisotopic (exact) mass is 246 g/mol. The van der Waals surface area contributed by atoms with Crippen LogP contribution in [0.4, 0.5) is 0 Å². The van der Waals surface area contributed by atoms with E-state index in [0.29, 0.717) is 0 Å². The van der Waals surface area contributed by atoms with Crippen molar-refractivity contribution in [3.8, 4) is 0 Å². The molecule has 0 aromatic heterocycles. The van der Waals surface area contributed by atoms with Gasteiger partial charge in [0.1, 0.15) is 0 Å². The molecule has 0 amide bonds. The average molecular weight is 246 g/mol. The summed E-state index contributed by atoms with van der Waals surface area (Å²) in [5.74, 6) is 0. The highest BCUT2D eigenvalue weighted by Crippen LogP contribution is 2.28. The molecule has 0 radical (unpaired) electrons. The van der Waals surface area contributed by atoms with E-state index in [1.165, 1.54) is 0 Å². The Morgan fingerprint density at radius 3 is 1.94 bits per heavy atom. The van der Waals surface area contributed by atoms with E-state index in [1.54, 1.807) is 0 Å². The largest absolute Gasteiger partial charge is 0.393 e. The molecule has 0 heterocycles. The number of rotatable bonds is 2. The first-order valence-electron chi connectivity index (χ1n) is 6.44. The normalized spacial score (nSPS) is 48.0. The number of hydrogen-bond donors (Lipinski definition) is 4. The molecule has 0 saturated heterocycles. The lowest BCUT2D eigenvalue weighted by Gasteiger charge is -2.37. The van der Waals surface area contributed by atoms with Gasteiger partial charge in [0.2, 0.25) is 0 Å². The zero-order valence-electron chi connectivity index (χ0n) is 9.90. The SMILES string of the molecule is OC1CCC(OC2CC(O)C(O)CC2O)CC1. The summed E-state index contributed by atoms with van der Waals surface area (Å²) in [5.41, 5.74) is 0. The van der Waals surface area contributed by atoms with Gasteiger partial charge < -0.3 is 25.2 Å². The number of aliphatic hydroxyl groups excluding tert-OH is 4. The van der Waals surface area contributed by atoms with Crippen LogP contribution in [0.2, 0.25) is 0 Å². The van der Waals surface area contributed by atoms with Crippen molar-refractivity contribution in [2.75, 3.05) is 0 Å². The van der Waals surface area contributed by atoms with Crippen molar-refractivity contribution < 1.29 is 25.2 Å². The number of aliphatic hydroxyl groups is 4. The van der Waals surface area contributed by atoms with E-state index >= 15 is 0 Å². The number of ether oxygens (including phenoxy) is 1. The van der Waals surface area contributed by atoms with Crippen LogP contribution in [0.3, 0.4) is 0 Å². The minimum absolute atomic E-state index is 0.0560. The Balaban J connectivity index is 1.82. The lowest BCUT2D eigenvalue weighted by molar-refractivity contribution is -0.156. The van der Waals surface area contributed by atoms with Crippen LogP contribution in [0.15, 0.2) is 0 Å². The zero-order valence-corrected chi connectivity index (χ0v) is 9.90. The van der Waals surface area contributed by atoms with Crippen LogP contribution in [-0.4, -0.2) is 57.0 Å². The van der Waals surface area contributed by atoms with E-state index in [1.807, 2.05) is 0 Å². The van der Waals surface area contributed by atoms with Gasteiger partial charge in [0, 0.05) is 12.8 Å². The van der Waals surface area contributed by atoms with Gasteiger partial charge in [-0.2, -0.15) is 0 Å². The summed E-state index contributed by atoms with van der Waals surface area (Å²) in [7, 11) is 0. The molecule has 2 aliphatic rings. The highest BCUT2D eigenvalue weighted by Gasteiger charge is 2.36. The second-order valence-electron chi connectivity index (χ2n) is 5.28. The topological polar surface area (TPSA) is 90.2 Å². The molecule has 2 rings (SSSR count). The van der Waals surface area contributed by atoms with Gasteiger partial charge in [0.15, 0.2) is 0 Å². The third kappa shape index (κ3) is 3.39. The maximum atomic E-state index is 9.79. The fraction of sp³-hybridized carbons (Fsp3) is 1.00. The molecule has 0 spiro atoms. The van der Waals surface area contributed by atoms with Gasteiger partial charge in [-0.25, -0.2) is 0 Å². The van der Waals surface area contributed by atoms with Gasteiger partial charge in [-0.15, -0.1) is 0 Å². The third-order valence-electron chi connectivity index (χ3n) is 3.84. The first-order valence-corrected chi connectivity index (χ1v) is 6.44. The Bertz CT molecular complexity index is 239. The lowest BCUT2D eigenvalue weighted by atomic mass is 9.89. The van der Waals surface area contributed by atoms with E-state index in [0.717, 1.165) is 25.7 Å². The van der Waals surface area contributed by atoms with Gasteiger partial charge in [-0.05, 0) is 25.7 Å². The smallest absolute Gasteiger partial charge is 0.0864 e. The first kappa shape index (κ1) is 13.2. The minimum atomic E-state index is -0.849. The molecular weight excluding hydrogens is 224 g/mol. The lowest BCUT2D eigenvalue weighted by Crippen LogP contribution is -2.47. The van der Waals surface area contributed by atoms with Crippen molar-refractivity contribution in [3.05, 3.63) is 0 Å². The standard InChI is InChI=1S/C12H22O5/c13-7-1-3-8(4-2-7)17-12-6-10(15)9(14)5-11(12)16/h7-16H,1-6H2. The van der Waals surface area contributed by atoms with Gasteiger partial charge >= 0.3 is 0 Å². The van der Waals surface area contributed by atoms with Crippen LogP contribution in [0.25, 0.3) is 0 Å². The molecule has 17 heavy (non-hydrogen) atoms. The number of hydrogen-bond acceptors (Lipinski definition) is 5. The molecule has 4 atom stereocenters. The molecular formula is C12H22O5. The Morgan fingerprint density at radius 1 is 0.706 bits per heavy atom. The molecule has 0 aromatic carbocycles. The predicted molar refractivity (Wildman–Crippen MR) is 60.4 cm³/mol. The average Bonchev–Trinajstić information content (AvgIpc) is 2.29. The third-order valence-corrected chi connectivity index (χ3v) is 3.84. The first-order chi connectivity index (χ1) is 8.06. The highest BCUT2D eigenvalue weighted by atomic mass is 16.5. The maximum Gasteiger partial charge on any atom is 0.0864 e. The highest BCUT2D eigenvalue weighted by molar-refractivity contribution is 4.87. The summed E-state index contributed by atoms with van der Waals surface area (Å²) in [6, 6.07) is 0. The van der Waals surface area contributed by atoms with Crippen molar-refractivity contribution in [3.63, 3.8) is 0 Å². The molecule has 5 nitrogen and oxygen atoms in total. The quantitative estimate of drug-likeness (QED) is 0.530. The summed E-state index contributed by atoms with van der Waals surface area (Å²) in [6.45, 7) is 0. The summed E-state index contributed by atoms with van der Waals surface area (Å²) in [6.07, 6.45) is 0.579. The van der Waals surface area contributed by atoms with Crippen molar-refractivity contribution in [1.82, 2.24) is 0 Å². The Kier molecular flexibility index (Phi) is 4.38. The van der Waals surface area contributed by atoms with Crippen molar-refractivity contribution in [2.45, 2.75) is 75.1 Å². The molecule has 2 aliphatic carbocycles. The van der Waals surface area contributed by atoms with Gasteiger partial charge in [0.05, 0.1) is 36.6 Å². The van der Waals surface area contributed by atoms with E-state index in [2.05, 4.69) is 0 Å². The Labute approximate surface area is 101 Å². The molecule has 0 bridgehead atoms. The van der Waals surface area contributed by atoms with Gasteiger partial charge in [-0.3, -0.25) is 0 Å².